The Morgan fingerprint density at radius 1 is 1.19 bits per heavy atom. The van der Waals surface area contributed by atoms with E-state index < -0.39 is 0 Å². The maximum Gasteiger partial charge on any atom is 0.147 e. The van der Waals surface area contributed by atoms with Gasteiger partial charge in [-0.2, -0.15) is 0 Å². The number of rotatable bonds is 10. The molecule has 0 fully saturated rings. The summed E-state index contributed by atoms with van der Waals surface area (Å²) in [6.07, 6.45) is 6.90. The first kappa shape index (κ1) is 23.4. The van der Waals surface area contributed by atoms with Crippen LogP contribution in [0.15, 0.2) is 18.6 Å². The second-order valence-corrected chi connectivity index (χ2v) is 6.97. The topological polar surface area (TPSA) is 69.2 Å². The molecule has 2 aromatic heterocycles. The van der Waals surface area contributed by atoms with E-state index in [-0.39, 0.29) is 12.3 Å². The highest BCUT2D eigenvalue weighted by molar-refractivity contribution is 5.86. The Kier molecular flexibility index (Phi) is 10.3. The van der Waals surface area contributed by atoms with Crippen molar-refractivity contribution in [3.8, 4) is 0 Å². The van der Waals surface area contributed by atoms with Crippen molar-refractivity contribution in [3.63, 3.8) is 0 Å². The molecule has 0 aromatic carbocycles. The average molecular weight is 378 g/mol. The summed E-state index contributed by atoms with van der Waals surface area (Å²) < 4.78 is 8.44. The monoisotopic (exact) mass is 377 g/mol. The van der Waals surface area contributed by atoms with Gasteiger partial charge in [-0.25, -0.2) is 9.97 Å². The standard InChI is InChI=1S/C19H33N5O.C2H6/c1-6-8-10-23(14(3)4)12-15(5)25-17(7-2)24-11-9-16-18(20)21-13-22-19(16)24;1-2/h9,11,13-15,17H,6-8,10,12H2,1-5H3,(H2,20,21,22);1-2H3. The maximum atomic E-state index is 6.37. The fourth-order valence-electron chi connectivity index (χ4n) is 3.14. The lowest BCUT2D eigenvalue weighted by Gasteiger charge is -2.31. The molecule has 0 aliphatic heterocycles. The van der Waals surface area contributed by atoms with Crippen molar-refractivity contribution in [1.82, 2.24) is 19.4 Å². The molecule has 6 heteroatoms. The van der Waals surface area contributed by atoms with Crippen LogP contribution < -0.4 is 5.73 Å². The third-order valence-electron chi connectivity index (χ3n) is 4.61. The molecule has 0 aliphatic rings. The van der Waals surface area contributed by atoms with E-state index in [1.807, 2.05) is 26.1 Å². The Hall–Kier alpha value is -1.66. The molecule has 2 rings (SSSR count). The van der Waals surface area contributed by atoms with Gasteiger partial charge in [-0.3, -0.25) is 4.90 Å². The van der Waals surface area contributed by atoms with Crippen molar-refractivity contribution in [3.05, 3.63) is 18.6 Å². The molecule has 27 heavy (non-hydrogen) atoms. The molecule has 2 N–H and O–H groups in total. The SMILES string of the molecule is CC.CCCCN(CC(C)OC(CC)n1ccc2c(N)ncnc21)C(C)C. The van der Waals surface area contributed by atoms with Gasteiger partial charge in [0.25, 0.3) is 0 Å². The Morgan fingerprint density at radius 3 is 2.48 bits per heavy atom. The number of unbranched alkanes of at least 4 members (excludes halogenated alkanes) is 1. The molecular weight excluding hydrogens is 338 g/mol. The van der Waals surface area contributed by atoms with Crippen LogP contribution in [0.25, 0.3) is 11.0 Å². The minimum absolute atomic E-state index is 0.0537. The molecule has 2 unspecified atom stereocenters. The Bertz CT molecular complexity index is 655. The van der Waals surface area contributed by atoms with Crippen molar-refractivity contribution in [2.45, 2.75) is 86.1 Å². The molecule has 0 radical (unpaired) electrons. The minimum atomic E-state index is -0.0537. The molecule has 154 valence electrons. The summed E-state index contributed by atoms with van der Waals surface area (Å²) in [5.41, 5.74) is 6.78. The number of nitrogen functional groups attached to an aromatic ring is 1. The van der Waals surface area contributed by atoms with E-state index >= 15 is 0 Å². The molecule has 0 bridgehead atoms. The van der Waals surface area contributed by atoms with Crippen molar-refractivity contribution >= 4 is 16.9 Å². The molecule has 0 saturated heterocycles. The summed E-state index contributed by atoms with van der Waals surface area (Å²) in [5.74, 6) is 0.511. The lowest BCUT2D eigenvalue weighted by Crippen LogP contribution is -2.39. The average Bonchev–Trinajstić information content (AvgIpc) is 3.10. The first-order chi connectivity index (χ1) is 13.0. The zero-order chi connectivity index (χ0) is 20.4. The predicted molar refractivity (Wildman–Crippen MR) is 115 cm³/mol. The van der Waals surface area contributed by atoms with Crippen molar-refractivity contribution in [2.24, 2.45) is 0 Å². The molecule has 0 spiro atoms. The summed E-state index contributed by atoms with van der Waals surface area (Å²) >= 11 is 0. The van der Waals surface area contributed by atoms with Crippen LogP contribution in [0, 0.1) is 0 Å². The summed E-state index contributed by atoms with van der Waals surface area (Å²) in [4.78, 5) is 10.9. The number of anilines is 1. The number of aromatic nitrogens is 3. The van der Waals surface area contributed by atoms with E-state index in [1.165, 1.54) is 19.2 Å². The van der Waals surface area contributed by atoms with Gasteiger partial charge in [0.1, 0.15) is 24.0 Å². The van der Waals surface area contributed by atoms with Gasteiger partial charge in [-0.05, 0) is 46.2 Å². The zero-order valence-electron chi connectivity index (χ0n) is 18.3. The van der Waals surface area contributed by atoms with Crippen LogP contribution in [0.3, 0.4) is 0 Å². The van der Waals surface area contributed by atoms with Crippen molar-refractivity contribution in [1.29, 1.82) is 0 Å². The Morgan fingerprint density at radius 2 is 1.89 bits per heavy atom. The van der Waals surface area contributed by atoms with E-state index in [9.17, 15) is 0 Å². The van der Waals surface area contributed by atoms with Crippen LogP contribution in [-0.4, -0.2) is 44.7 Å². The smallest absolute Gasteiger partial charge is 0.147 e. The first-order valence-corrected chi connectivity index (χ1v) is 10.4. The van der Waals surface area contributed by atoms with Crippen LogP contribution in [-0.2, 0) is 4.74 Å². The fraction of sp³-hybridized carbons (Fsp3) is 0.714. The Labute approximate surface area is 165 Å². The van der Waals surface area contributed by atoms with Gasteiger partial charge in [-0.1, -0.05) is 34.1 Å². The van der Waals surface area contributed by atoms with Crippen molar-refractivity contribution in [2.75, 3.05) is 18.8 Å². The van der Waals surface area contributed by atoms with E-state index in [1.54, 1.807) is 0 Å². The van der Waals surface area contributed by atoms with Gasteiger partial charge in [0.15, 0.2) is 0 Å². The molecule has 2 aromatic rings. The number of nitrogens with two attached hydrogens (primary N) is 1. The lowest BCUT2D eigenvalue weighted by molar-refractivity contribution is -0.0605. The van der Waals surface area contributed by atoms with Crippen LogP contribution in [0.2, 0.25) is 0 Å². The summed E-state index contributed by atoms with van der Waals surface area (Å²) in [7, 11) is 0. The minimum Gasteiger partial charge on any atom is -0.383 e. The van der Waals surface area contributed by atoms with Crippen molar-refractivity contribution < 1.29 is 4.74 Å². The Balaban J connectivity index is 0.00000176. The van der Waals surface area contributed by atoms with Gasteiger partial charge >= 0.3 is 0 Å². The second-order valence-electron chi connectivity index (χ2n) is 6.97. The quantitative estimate of drug-likeness (QED) is 0.640. The van der Waals surface area contributed by atoms with E-state index in [4.69, 9.17) is 10.5 Å². The molecule has 2 atom stereocenters. The summed E-state index contributed by atoms with van der Waals surface area (Å²) in [6.45, 7) is 17.1. The number of hydrogen-bond donors (Lipinski definition) is 1. The van der Waals surface area contributed by atoms with Gasteiger partial charge in [0.2, 0.25) is 0 Å². The molecule has 0 amide bonds. The van der Waals surface area contributed by atoms with E-state index in [2.05, 4.69) is 54.1 Å². The highest BCUT2D eigenvalue weighted by Crippen LogP contribution is 2.25. The number of ether oxygens (including phenoxy) is 1. The maximum absolute atomic E-state index is 6.37. The molecule has 0 saturated carbocycles. The molecule has 2 heterocycles. The third-order valence-corrected chi connectivity index (χ3v) is 4.61. The second kappa shape index (κ2) is 11.9. The van der Waals surface area contributed by atoms with Crippen LogP contribution in [0.4, 0.5) is 5.82 Å². The summed E-state index contributed by atoms with van der Waals surface area (Å²) in [5, 5.41) is 0.879. The van der Waals surface area contributed by atoms with Gasteiger partial charge < -0.3 is 15.0 Å². The van der Waals surface area contributed by atoms with Gasteiger partial charge in [-0.15, -0.1) is 0 Å². The largest absolute Gasteiger partial charge is 0.383 e. The summed E-state index contributed by atoms with van der Waals surface area (Å²) in [6, 6.07) is 2.49. The van der Waals surface area contributed by atoms with E-state index in [0.29, 0.717) is 11.9 Å². The van der Waals surface area contributed by atoms with Crippen LogP contribution in [0.5, 0.6) is 0 Å². The highest BCUT2D eigenvalue weighted by Gasteiger charge is 2.19. The predicted octanol–water partition coefficient (Wildman–Crippen LogP) is 4.86. The van der Waals surface area contributed by atoms with Gasteiger partial charge in [0, 0.05) is 18.8 Å². The zero-order valence-corrected chi connectivity index (χ0v) is 18.3. The third kappa shape index (κ3) is 6.47. The van der Waals surface area contributed by atoms with Crippen LogP contribution >= 0.6 is 0 Å². The number of nitrogens with zero attached hydrogens (tertiary/aromatic N) is 4. The molecule has 6 nitrogen and oxygen atoms in total. The highest BCUT2D eigenvalue weighted by atomic mass is 16.5. The fourth-order valence-corrected chi connectivity index (χ4v) is 3.14. The van der Waals surface area contributed by atoms with E-state index in [0.717, 1.165) is 30.5 Å². The molecular formula is C21H39N5O. The lowest BCUT2D eigenvalue weighted by atomic mass is 10.2. The van der Waals surface area contributed by atoms with Gasteiger partial charge in [0.05, 0.1) is 11.5 Å². The normalized spacial score (nSPS) is 13.7. The number of fused-ring (bicyclic) bond motifs is 1. The first-order valence-electron chi connectivity index (χ1n) is 10.4. The molecule has 0 aliphatic carbocycles. The number of hydrogen-bond acceptors (Lipinski definition) is 5. The van der Waals surface area contributed by atoms with Crippen LogP contribution in [0.1, 0.15) is 74.0 Å².